The highest BCUT2D eigenvalue weighted by atomic mass is 35.5. The summed E-state index contributed by atoms with van der Waals surface area (Å²) in [5, 5.41) is 0.381. The zero-order valence-corrected chi connectivity index (χ0v) is 7.08. The van der Waals surface area contributed by atoms with Crippen molar-refractivity contribution in [2.24, 2.45) is 0 Å². The first kappa shape index (κ1) is 8.57. The molecule has 0 aliphatic rings. The summed E-state index contributed by atoms with van der Waals surface area (Å²) in [6.07, 6.45) is 1.52. The second kappa shape index (κ2) is 3.24. The summed E-state index contributed by atoms with van der Waals surface area (Å²) >= 11 is 11.1. The molecule has 0 spiro atoms. The first-order chi connectivity index (χ1) is 5.15. The fourth-order valence-corrected chi connectivity index (χ4v) is 1.09. The molecule has 0 unspecified atom stereocenters. The van der Waals surface area contributed by atoms with E-state index in [1.165, 1.54) is 18.2 Å². The fourth-order valence-electron chi connectivity index (χ4n) is 0.694. The SMILES string of the molecule is C=Cc1cc(Cl)c(F)cc1Cl. The van der Waals surface area contributed by atoms with E-state index >= 15 is 0 Å². The van der Waals surface area contributed by atoms with Gasteiger partial charge >= 0.3 is 0 Å². The first-order valence-corrected chi connectivity index (χ1v) is 3.67. The maximum atomic E-state index is 12.6. The van der Waals surface area contributed by atoms with Crippen molar-refractivity contribution < 1.29 is 4.39 Å². The number of benzene rings is 1. The van der Waals surface area contributed by atoms with Crippen LogP contribution in [0.25, 0.3) is 6.08 Å². The van der Waals surface area contributed by atoms with E-state index < -0.39 is 5.82 Å². The van der Waals surface area contributed by atoms with Crippen LogP contribution in [0.2, 0.25) is 10.0 Å². The number of rotatable bonds is 1. The van der Waals surface area contributed by atoms with Crippen molar-refractivity contribution in [2.45, 2.75) is 0 Å². The number of halogens is 3. The molecule has 0 saturated carbocycles. The van der Waals surface area contributed by atoms with Crippen molar-refractivity contribution >= 4 is 29.3 Å². The van der Waals surface area contributed by atoms with Crippen molar-refractivity contribution in [3.63, 3.8) is 0 Å². The van der Waals surface area contributed by atoms with Crippen molar-refractivity contribution in [1.29, 1.82) is 0 Å². The molecule has 0 radical (unpaired) electrons. The summed E-state index contributed by atoms with van der Waals surface area (Å²) < 4.78 is 12.6. The van der Waals surface area contributed by atoms with Gasteiger partial charge < -0.3 is 0 Å². The minimum atomic E-state index is -0.512. The maximum Gasteiger partial charge on any atom is 0.143 e. The van der Waals surface area contributed by atoms with E-state index in [-0.39, 0.29) is 5.02 Å². The maximum absolute atomic E-state index is 12.6. The van der Waals surface area contributed by atoms with E-state index in [0.717, 1.165) is 0 Å². The number of hydrogen-bond acceptors (Lipinski definition) is 0. The van der Waals surface area contributed by atoms with Crippen LogP contribution in [0.3, 0.4) is 0 Å². The van der Waals surface area contributed by atoms with Crippen LogP contribution >= 0.6 is 23.2 Å². The lowest BCUT2D eigenvalue weighted by Crippen LogP contribution is -1.80. The van der Waals surface area contributed by atoms with Crippen molar-refractivity contribution in [1.82, 2.24) is 0 Å². The Hall–Kier alpha value is -0.530. The molecule has 0 N–H and O–H groups in total. The molecule has 3 heteroatoms. The Bertz CT molecular complexity index is 294. The number of hydrogen-bond donors (Lipinski definition) is 0. The molecule has 1 aromatic carbocycles. The molecule has 0 bridgehead atoms. The quantitative estimate of drug-likeness (QED) is 0.592. The highest BCUT2D eigenvalue weighted by Gasteiger charge is 2.03. The Balaban J connectivity index is 3.31. The van der Waals surface area contributed by atoms with Gasteiger partial charge in [-0.2, -0.15) is 0 Å². The molecule has 0 heterocycles. The lowest BCUT2D eigenvalue weighted by Gasteiger charge is -1.99. The molecule has 0 amide bonds. The third kappa shape index (κ3) is 1.73. The summed E-state index contributed by atoms with van der Waals surface area (Å²) in [5.74, 6) is -0.512. The molecule has 11 heavy (non-hydrogen) atoms. The Morgan fingerprint density at radius 1 is 1.27 bits per heavy atom. The van der Waals surface area contributed by atoms with Crippen molar-refractivity contribution in [2.75, 3.05) is 0 Å². The zero-order chi connectivity index (χ0) is 8.43. The molecule has 1 aromatic rings. The second-order valence-corrected chi connectivity index (χ2v) is 2.81. The average Bonchev–Trinajstić information content (AvgIpc) is 1.97. The van der Waals surface area contributed by atoms with Gasteiger partial charge in [-0.25, -0.2) is 4.39 Å². The minimum absolute atomic E-state index is 0.0595. The van der Waals surface area contributed by atoms with Gasteiger partial charge in [0.05, 0.1) is 10.0 Å². The molecule has 0 fully saturated rings. The van der Waals surface area contributed by atoms with Gasteiger partial charge in [0.2, 0.25) is 0 Å². The van der Waals surface area contributed by atoms with E-state index in [0.29, 0.717) is 10.6 Å². The molecule has 0 saturated heterocycles. The second-order valence-electron chi connectivity index (χ2n) is 1.99. The third-order valence-electron chi connectivity index (χ3n) is 1.26. The molecular weight excluding hydrogens is 186 g/mol. The molecule has 0 aliphatic heterocycles. The molecule has 0 nitrogen and oxygen atoms in total. The van der Waals surface area contributed by atoms with E-state index in [2.05, 4.69) is 6.58 Å². The molecule has 0 atom stereocenters. The largest absolute Gasteiger partial charge is 0.205 e. The Labute approximate surface area is 74.2 Å². The molecule has 58 valence electrons. The van der Waals surface area contributed by atoms with E-state index in [1.807, 2.05) is 0 Å². The van der Waals surface area contributed by atoms with Crippen LogP contribution < -0.4 is 0 Å². The summed E-state index contributed by atoms with van der Waals surface area (Å²) in [7, 11) is 0. The van der Waals surface area contributed by atoms with Gasteiger partial charge in [0.1, 0.15) is 5.82 Å². The van der Waals surface area contributed by atoms with Gasteiger partial charge in [-0.05, 0) is 17.7 Å². The van der Waals surface area contributed by atoms with E-state index in [9.17, 15) is 4.39 Å². The molecular formula is C8H5Cl2F. The predicted octanol–water partition coefficient (Wildman–Crippen LogP) is 3.78. The minimum Gasteiger partial charge on any atom is -0.205 e. The summed E-state index contributed by atoms with van der Waals surface area (Å²) in [6, 6.07) is 2.60. The predicted molar refractivity (Wildman–Crippen MR) is 46.5 cm³/mol. The Morgan fingerprint density at radius 2 is 1.91 bits per heavy atom. The normalized spacial score (nSPS) is 9.73. The van der Waals surface area contributed by atoms with Crippen LogP contribution in [0.15, 0.2) is 18.7 Å². The summed E-state index contributed by atoms with van der Waals surface area (Å²) in [5.41, 5.74) is 0.637. The lowest BCUT2D eigenvalue weighted by atomic mass is 10.2. The van der Waals surface area contributed by atoms with E-state index in [4.69, 9.17) is 23.2 Å². The lowest BCUT2D eigenvalue weighted by molar-refractivity contribution is 0.628. The van der Waals surface area contributed by atoms with Crippen LogP contribution in [-0.4, -0.2) is 0 Å². The van der Waals surface area contributed by atoms with Crippen molar-refractivity contribution in [3.8, 4) is 0 Å². The van der Waals surface area contributed by atoms with Gasteiger partial charge in [-0.1, -0.05) is 35.9 Å². The summed E-state index contributed by atoms with van der Waals surface area (Å²) in [6.45, 7) is 3.50. The fraction of sp³-hybridized carbons (Fsp3) is 0. The van der Waals surface area contributed by atoms with Crippen LogP contribution in [0, 0.1) is 5.82 Å². The van der Waals surface area contributed by atoms with Crippen LogP contribution in [-0.2, 0) is 0 Å². The van der Waals surface area contributed by atoms with Crippen LogP contribution in [0.1, 0.15) is 5.56 Å². The Kier molecular flexibility index (Phi) is 2.53. The van der Waals surface area contributed by atoms with Crippen molar-refractivity contribution in [3.05, 3.63) is 40.1 Å². The Morgan fingerprint density at radius 3 is 2.45 bits per heavy atom. The van der Waals surface area contributed by atoms with Gasteiger partial charge in [0, 0.05) is 0 Å². The van der Waals surface area contributed by atoms with Gasteiger partial charge in [0.25, 0.3) is 0 Å². The van der Waals surface area contributed by atoms with Gasteiger partial charge in [0.15, 0.2) is 0 Å². The average molecular weight is 191 g/mol. The van der Waals surface area contributed by atoms with Gasteiger partial charge in [-0.15, -0.1) is 0 Å². The first-order valence-electron chi connectivity index (χ1n) is 2.92. The third-order valence-corrected chi connectivity index (χ3v) is 1.88. The van der Waals surface area contributed by atoms with Gasteiger partial charge in [-0.3, -0.25) is 0 Å². The highest BCUT2D eigenvalue weighted by Crippen LogP contribution is 2.24. The van der Waals surface area contributed by atoms with Crippen LogP contribution in [0.5, 0.6) is 0 Å². The monoisotopic (exact) mass is 190 g/mol. The smallest absolute Gasteiger partial charge is 0.143 e. The van der Waals surface area contributed by atoms with E-state index in [1.54, 1.807) is 0 Å². The topological polar surface area (TPSA) is 0 Å². The molecule has 0 aliphatic carbocycles. The molecule has 0 aromatic heterocycles. The van der Waals surface area contributed by atoms with Crippen LogP contribution in [0.4, 0.5) is 4.39 Å². The standard InChI is InChI=1S/C8H5Cl2F/c1-2-5-3-7(10)8(11)4-6(5)9/h2-4H,1H2. The zero-order valence-electron chi connectivity index (χ0n) is 5.57. The highest BCUT2D eigenvalue weighted by molar-refractivity contribution is 6.34. The molecule has 1 rings (SSSR count). The summed E-state index contributed by atoms with van der Waals surface area (Å²) in [4.78, 5) is 0.